The van der Waals surface area contributed by atoms with Gasteiger partial charge in [-0.2, -0.15) is 0 Å². The van der Waals surface area contributed by atoms with E-state index < -0.39 is 5.91 Å². The van der Waals surface area contributed by atoms with Crippen LogP contribution in [-0.2, 0) is 9.59 Å². The molecule has 0 saturated carbocycles. The van der Waals surface area contributed by atoms with Crippen LogP contribution in [0.2, 0.25) is 5.02 Å². The first-order chi connectivity index (χ1) is 9.36. The molecule has 0 radical (unpaired) electrons. The largest absolute Gasteiger partial charge is 0.324 e. The van der Waals surface area contributed by atoms with Gasteiger partial charge in [0.05, 0.1) is 22.6 Å². The summed E-state index contributed by atoms with van der Waals surface area (Å²) in [5.74, 6) is -0.669. The molecular formula is C14H13ClN2O3. The van der Waals surface area contributed by atoms with Crippen LogP contribution in [0, 0.1) is 6.92 Å². The van der Waals surface area contributed by atoms with Gasteiger partial charge in [0.1, 0.15) is 5.78 Å². The third kappa shape index (κ3) is 3.05. The van der Waals surface area contributed by atoms with Gasteiger partial charge in [0, 0.05) is 11.5 Å². The van der Waals surface area contributed by atoms with E-state index in [1.807, 2.05) is 6.92 Å². The molecule has 1 aromatic heterocycles. The Kier molecular flexibility index (Phi) is 3.90. The van der Waals surface area contributed by atoms with Gasteiger partial charge in [-0.25, -0.2) is 0 Å². The molecule has 0 aliphatic carbocycles. The summed E-state index contributed by atoms with van der Waals surface area (Å²) in [5, 5.41) is 3.72. The number of rotatable bonds is 3. The molecule has 5 nitrogen and oxygen atoms in total. The molecule has 1 aromatic carbocycles. The van der Waals surface area contributed by atoms with Crippen molar-refractivity contribution in [2.75, 3.05) is 5.32 Å². The predicted molar refractivity (Wildman–Crippen MR) is 78.2 cm³/mol. The zero-order valence-electron chi connectivity index (χ0n) is 11.0. The number of ketones is 1. The van der Waals surface area contributed by atoms with E-state index in [2.05, 4.69) is 10.3 Å². The Morgan fingerprint density at radius 3 is 2.65 bits per heavy atom. The van der Waals surface area contributed by atoms with Crippen molar-refractivity contribution in [3.05, 3.63) is 39.1 Å². The summed E-state index contributed by atoms with van der Waals surface area (Å²) in [6.07, 6.45) is -0.210. The van der Waals surface area contributed by atoms with Crippen molar-refractivity contribution >= 4 is 39.9 Å². The van der Waals surface area contributed by atoms with Gasteiger partial charge in [-0.1, -0.05) is 11.6 Å². The summed E-state index contributed by atoms with van der Waals surface area (Å²) < 4.78 is 0. The number of fused-ring (bicyclic) bond motifs is 1. The van der Waals surface area contributed by atoms with Crippen LogP contribution >= 0.6 is 11.6 Å². The molecule has 2 aromatic rings. The quantitative estimate of drug-likeness (QED) is 0.853. The molecule has 0 unspecified atom stereocenters. The molecule has 20 heavy (non-hydrogen) atoms. The van der Waals surface area contributed by atoms with Crippen LogP contribution in [0.5, 0.6) is 0 Å². The number of hydrogen-bond donors (Lipinski definition) is 2. The number of Topliss-reactive ketones (excluding diaryl/α,β-unsaturated/α-hetero) is 1. The smallest absolute Gasteiger partial charge is 0.248 e. The number of benzene rings is 1. The molecule has 0 spiro atoms. The third-order valence-corrected chi connectivity index (χ3v) is 3.13. The molecule has 1 amide bonds. The normalized spacial score (nSPS) is 10.6. The number of nitrogens with one attached hydrogen (secondary N) is 2. The highest BCUT2D eigenvalue weighted by Gasteiger charge is 2.10. The minimum Gasteiger partial charge on any atom is -0.324 e. The molecular weight excluding hydrogens is 280 g/mol. The number of anilines is 1. The van der Waals surface area contributed by atoms with E-state index in [4.69, 9.17) is 11.6 Å². The van der Waals surface area contributed by atoms with Crippen molar-refractivity contribution in [3.8, 4) is 0 Å². The Morgan fingerprint density at radius 1 is 1.30 bits per heavy atom. The number of hydrogen-bond acceptors (Lipinski definition) is 3. The number of pyridine rings is 1. The van der Waals surface area contributed by atoms with Gasteiger partial charge in [0.25, 0.3) is 0 Å². The summed E-state index contributed by atoms with van der Waals surface area (Å²) in [5.41, 5.74) is 1.52. The number of carbonyl (C=O) groups excluding carboxylic acids is 2. The lowest BCUT2D eigenvalue weighted by molar-refractivity contribution is -0.124. The second-order valence-electron chi connectivity index (χ2n) is 4.62. The summed E-state index contributed by atoms with van der Waals surface area (Å²) in [6, 6.07) is 4.74. The fourth-order valence-electron chi connectivity index (χ4n) is 1.96. The van der Waals surface area contributed by atoms with Gasteiger partial charge in [0.15, 0.2) is 0 Å². The molecule has 2 N–H and O–H groups in total. The first kappa shape index (κ1) is 14.3. The molecule has 0 aliphatic heterocycles. The molecule has 1 heterocycles. The number of amides is 1. The van der Waals surface area contributed by atoms with Crippen LogP contribution in [0.15, 0.2) is 23.0 Å². The van der Waals surface area contributed by atoms with Gasteiger partial charge in [-0.05, 0) is 31.5 Å². The van der Waals surface area contributed by atoms with Crippen molar-refractivity contribution < 1.29 is 9.59 Å². The van der Waals surface area contributed by atoms with Gasteiger partial charge >= 0.3 is 0 Å². The molecule has 0 aliphatic rings. The van der Waals surface area contributed by atoms with Gasteiger partial charge in [-0.15, -0.1) is 0 Å². The minimum atomic E-state index is -0.436. The van der Waals surface area contributed by atoms with Gasteiger partial charge in [-0.3, -0.25) is 14.4 Å². The maximum atomic E-state index is 11.6. The summed E-state index contributed by atoms with van der Waals surface area (Å²) >= 11 is 6.10. The van der Waals surface area contributed by atoms with Crippen molar-refractivity contribution in [1.82, 2.24) is 4.98 Å². The highest BCUT2D eigenvalue weighted by Crippen LogP contribution is 2.28. The number of carbonyl (C=O) groups is 2. The second kappa shape index (κ2) is 5.46. The average molecular weight is 293 g/mol. The standard InChI is InChI=1S/C14H13ClN2O3/c1-7-3-13(19)16-11-6-12(10(15)5-9(7)11)17-14(20)4-8(2)18/h3,5-6H,4H2,1-2H3,(H,16,19)(H,17,20). The lowest BCUT2D eigenvalue weighted by Crippen LogP contribution is -2.15. The molecule has 104 valence electrons. The van der Waals surface area contributed by atoms with Crippen LogP contribution in [0.3, 0.4) is 0 Å². The van der Waals surface area contributed by atoms with E-state index in [1.165, 1.54) is 13.0 Å². The van der Waals surface area contributed by atoms with E-state index in [0.717, 1.165) is 10.9 Å². The van der Waals surface area contributed by atoms with Gasteiger partial charge < -0.3 is 10.3 Å². The van der Waals surface area contributed by atoms with Crippen molar-refractivity contribution in [3.63, 3.8) is 0 Å². The van der Waals surface area contributed by atoms with Crippen LogP contribution in [0.1, 0.15) is 18.9 Å². The van der Waals surface area contributed by atoms with E-state index >= 15 is 0 Å². The van der Waals surface area contributed by atoms with Gasteiger partial charge in [0.2, 0.25) is 11.5 Å². The van der Waals surface area contributed by atoms with E-state index in [0.29, 0.717) is 16.2 Å². The fraction of sp³-hybridized carbons (Fsp3) is 0.214. The van der Waals surface area contributed by atoms with Crippen molar-refractivity contribution in [2.24, 2.45) is 0 Å². The molecule has 0 bridgehead atoms. The van der Waals surface area contributed by atoms with Crippen LogP contribution < -0.4 is 10.9 Å². The maximum absolute atomic E-state index is 11.6. The average Bonchev–Trinajstić information content (AvgIpc) is 2.30. The summed E-state index contributed by atoms with van der Waals surface area (Å²) in [7, 11) is 0. The number of halogens is 1. The summed E-state index contributed by atoms with van der Waals surface area (Å²) in [6.45, 7) is 3.14. The molecule has 2 rings (SSSR count). The Morgan fingerprint density at radius 2 is 2.00 bits per heavy atom. The molecule has 0 fully saturated rings. The Hall–Kier alpha value is -2.14. The first-order valence-corrected chi connectivity index (χ1v) is 6.37. The maximum Gasteiger partial charge on any atom is 0.248 e. The van der Waals surface area contributed by atoms with Crippen LogP contribution in [0.25, 0.3) is 10.9 Å². The Labute approximate surface area is 119 Å². The highest BCUT2D eigenvalue weighted by atomic mass is 35.5. The lowest BCUT2D eigenvalue weighted by atomic mass is 10.1. The Bertz CT molecular complexity index is 765. The van der Waals surface area contributed by atoms with Crippen LogP contribution in [0.4, 0.5) is 5.69 Å². The number of aromatic nitrogens is 1. The predicted octanol–water partition coefficient (Wildman–Crippen LogP) is 2.41. The zero-order valence-corrected chi connectivity index (χ0v) is 11.8. The number of aromatic amines is 1. The highest BCUT2D eigenvalue weighted by molar-refractivity contribution is 6.34. The second-order valence-corrected chi connectivity index (χ2v) is 5.03. The topological polar surface area (TPSA) is 79.0 Å². The van der Waals surface area contributed by atoms with E-state index in [1.54, 1.807) is 12.1 Å². The zero-order chi connectivity index (χ0) is 14.9. The summed E-state index contributed by atoms with van der Waals surface area (Å²) in [4.78, 5) is 36.6. The minimum absolute atomic E-state index is 0.210. The fourth-order valence-corrected chi connectivity index (χ4v) is 2.17. The first-order valence-electron chi connectivity index (χ1n) is 5.99. The van der Waals surface area contributed by atoms with Crippen molar-refractivity contribution in [1.29, 1.82) is 0 Å². The van der Waals surface area contributed by atoms with Crippen LogP contribution in [-0.4, -0.2) is 16.7 Å². The Balaban J connectivity index is 2.45. The van der Waals surface area contributed by atoms with E-state index in [-0.39, 0.29) is 17.8 Å². The lowest BCUT2D eigenvalue weighted by Gasteiger charge is -2.09. The molecule has 0 atom stereocenters. The third-order valence-electron chi connectivity index (χ3n) is 2.82. The number of H-pyrrole nitrogens is 1. The van der Waals surface area contributed by atoms with Crippen molar-refractivity contribution in [2.45, 2.75) is 20.3 Å². The number of aryl methyl sites for hydroxylation is 1. The SMILES string of the molecule is CC(=O)CC(=O)Nc1cc2[nH]c(=O)cc(C)c2cc1Cl. The van der Waals surface area contributed by atoms with E-state index in [9.17, 15) is 14.4 Å². The molecule has 0 saturated heterocycles. The monoisotopic (exact) mass is 292 g/mol. The molecule has 6 heteroatoms.